The number of aromatic amines is 1. The number of nitro groups is 2. The number of nitrogens with one attached hydrogen (secondary N) is 11. The van der Waals surface area contributed by atoms with Crippen LogP contribution in [0.15, 0.2) is 125 Å². The Morgan fingerprint density at radius 2 is 1.12 bits per heavy atom. The molecule has 0 aliphatic carbocycles. The van der Waals surface area contributed by atoms with Crippen LogP contribution in [0.1, 0.15) is 115 Å². The average molecular weight is 1610 g/mol. The molecule has 0 bridgehead atoms. The van der Waals surface area contributed by atoms with Gasteiger partial charge in [-0.25, -0.2) is 14.6 Å². The van der Waals surface area contributed by atoms with E-state index in [1.165, 1.54) is 38.7 Å². The summed E-state index contributed by atoms with van der Waals surface area (Å²) in [6.45, 7) is 8.49. The van der Waals surface area contributed by atoms with Crippen molar-refractivity contribution in [3.8, 4) is 5.75 Å². The number of hydrogen-bond donors (Lipinski definition) is 15. The van der Waals surface area contributed by atoms with Crippen molar-refractivity contribution < 1.29 is 94.8 Å². The monoisotopic (exact) mass is 1610 g/mol. The minimum absolute atomic E-state index is 0.00271. The Morgan fingerprint density at radius 1 is 0.600 bits per heavy atom. The molecule has 2 aromatic heterocycles. The molecule has 6 rings (SSSR count). The number of carbonyl (C=O) groups excluding carboxylic acids is 11. The zero-order valence-corrected chi connectivity index (χ0v) is 63.8. The fraction of sp³-hybridized carbons (Fsp3) is 0.440. The molecule has 0 aliphatic heterocycles. The number of aliphatic carboxylic acids is 1. The molecule has 0 saturated heterocycles. The number of ether oxygens (including phenoxy) is 1. The molecular weight excluding hydrogens is 1520 g/mol. The lowest BCUT2D eigenvalue weighted by atomic mass is 9.98. The zero-order chi connectivity index (χ0) is 85.2. The number of benzene rings is 4. The molecule has 622 valence electrons. The number of nitro benzene ring substituents is 2. The van der Waals surface area contributed by atoms with Crippen molar-refractivity contribution in [3.63, 3.8) is 0 Å². The number of methoxy groups -OCH3 is 1. The summed E-state index contributed by atoms with van der Waals surface area (Å²) in [7, 11) is 1.43. The number of anilines is 1. The van der Waals surface area contributed by atoms with E-state index >= 15 is 0 Å². The van der Waals surface area contributed by atoms with Crippen LogP contribution in [0.5, 0.6) is 5.75 Å². The van der Waals surface area contributed by atoms with Crippen LogP contribution in [0.2, 0.25) is 0 Å². The highest BCUT2D eigenvalue weighted by atomic mass is 19.4. The van der Waals surface area contributed by atoms with E-state index in [9.17, 15) is 90.9 Å². The summed E-state index contributed by atoms with van der Waals surface area (Å²) in [5, 5.41) is 57.3. The van der Waals surface area contributed by atoms with E-state index in [4.69, 9.17) is 36.3 Å². The first-order valence-corrected chi connectivity index (χ1v) is 36.5. The molecule has 4 aromatic carbocycles. The molecule has 6 aromatic rings. The van der Waals surface area contributed by atoms with Crippen LogP contribution in [-0.4, -0.2) is 177 Å². The minimum atomic E-state index is -5.08. The summed E-state index contributed by atoms with van der Waals surface area (Å²) in [5.41, 5.74) is 17.3. The number of nitrogens with zero attached hydrogens (tertiary/aromatic N) is 3. The quantitative estimate of drug-likeness (QED) is 0.0113. The lowest BCUT2D eigenvalue weighted by Gasteiger charge is -2.30. The summed E-state index contributed by atoms with van der Waals surface area (Å²) < 4.78 is 42.3. The van der Waals surface area contributed by atoms with Gasteiger partial charge in [0.25, 0.3) is 11.4 Å². The Balaban J connectivity index is 0.00000321. The van der Waals surface area contributed by atoms with Gasteiger partial charge in [-0.05, 0) is 112 Å². The number of imidazole rings is 1. The van der Waals surface area contributed by atoms with Gasteiger partial charge in [0, 0.05) is 67.7 Å². The third kappa shape index (κ3) is 31.3. The molecule has 0 spiro atoms. The van der Waals surface area contributed by atoms with Crippen LogP contribution in [0, 0.1) is 32.1 Å². The van der Waals surface area contributed by atoms with Gasteiger partial charge in [-0.2, -0.15) is 13.2 Å². The Bertz CT molecular complexity index is 4420. The smallest absolute Gasteiger partial charge is 0.490 e. The van der Waals surface area contributed by atoms with Gasteiger partial charge in [0.05, 0.1) is 35.8 Å². The van der Waals surface area contributed by atoms with E-state index in [0.717, 1.165) is 18.2 Å². The molecular formula is C75H96F3N17O20. The van der Waals surface area contributed by atoms with Crippen LogP contribution < -0.4 is 80.7 Å². The number of fused-ring (bicyclic) bond motifs is 1. The number of unbranched alkanes of at least 4 members (excludes halogenated alkanes) is 2. The number of carboxylic acids is 1. The summed E-state index contributed by atoms with van der Waals surface area (Å²) in [5.74, 6) is -12.6. The fourth-order valence-electron chi connectivity index (χ4n) is 11.6. The number of aromatic nitrogens is 2. The van der Waals surface area contributed by atoms with E-state index in [2.05, 4.69) is 63.1 Å². The number of non-ortho nitro benzene ring substituents is 1. The van der Waals surface area contributed by atoms with Crippen LogP contribution in [0.25, 0.3) is 11.0 Å². The van der Waals surface area contributed by atoms with Crippen LogP contribution in [-0.2, 0) is 83.2 Å². The summed E-state index contributed by atoms with van der Waals surface area (Å²) >= 11 is 0. The van der Waals surface area contributed by atoms with E-state index in [1.807, 2.05) is 0 Å². The molecule has 115 heavy (non-hydrogen) atoms. The third-order valence-corrected chi connectivity index (χ3v) is 17.6. The normalized spacial score (nSPS) is 13.5. The first-order valence-electron chi connectivity index (χ1n) is 36.5. The molecule has 9 atom stereocenters. The number of amides is 11. The third-order valence-electron chi connectivity index (χ3n) is 17.6. The Hall–Kier alpha value is -12.9. The average Bonchev–Trinajstić information content (AvgIpc) is 0.939. The van der Waals surface area contributed by atoms with E-state index < -0.39 is 177 Å². The zero-order valence-electron chi connectivity index (χ0n) is 63.8. The number of H-pyrrole nitrogens is 1. The van der Waals surface area contributed by atoms with Gasteiger partial charge in [0.1, 0.15) is 71.4 Å². The molecule has 0 radical (unpaired) electrons. The van der Waals surface area contributed by atoms with Gasteiger partial charge >= 0.3 is 17.8 Å². The summed E-state index contributed by atoms with van der Waals surface area (Å²) in [6, 6.07) is 13.6. The molecule has 0 fully saturated rings. The molecule has 0 aliphatic rings. The highest BCUT2D eigenvalue weighted by Crippen LogP contribution is 2.29. The number of nitrogens with two attached hydrogens (primary N) is 3. The first-order chi connectivity index (χ1) is 54.4. The Kier molecular flexibility index (Phi) is 36.7. The minimum Gasteiger partial charge on any atom is -0.497 e. The number of hydrogen-bond acceptors (Lipinski definition) is 22. The van der Waals surface area contributed by atoms with Crippen molar-refractivity contribution in [1.29, 1.82) is 0 Å². The number of rotatable bonds is 45. The lowest BCUT2D eigenvalue weighted by Crippen LogP contribution is -2.61. The van der Waals surface area contributed by atoms with Crippen molar-refractivity contribution in [1.82, 2.24) is 57.8 Å². The standard InChI is InChI=1S/C73H95N17O18.C2HF3O2/c1-41(2)31-55(85-67(96)53(22-13-15-29-74)83-68(97)54(27-28-61(75)91)84-71(100)58(36-47-39-77-40-79-47)81-62(92)34-46-35-63(93)108-60-38-49(107-6)24-25-50(46)60)72(101)88-64(42(3)4)73(102)87-57(33-45-19-11-8-12-20-45)70(99)86-56(32-44-17-9-7-10-18-44)69(98)80-43(5)66(95)82-52(65(76)94)21-14-16-30-78-51-26-23-48(89(103)104)37-59(51)90(105)106;3-2(4,5)1(6)7/h7-12,17-20,23-26,35,37-43,52-58,64,78H,13-16,21-22,27-34,36,74H2,1-6H3,(H2,75,91)(H2,76,94)(H,77,79)(H,80,98)(H,81,92)(H,82,95)(H,83,97)(H,84,100)(H,85,96)(H,86,99)(H,87,102)(H,88,101);(H,6,7)/t43-,52-,53-,54-,55-,56-,57-,58-,64-;/m0./s1. The molecule has 18 N–H and O–H groups in total. The molecule has 37 nitrogen and oxygen atoms in total. The largest absolute Gasteiger partial charge is 0.497 e. The topological polar surface area (TPSA) is 578 Å². The second kappa shape index (κ2) is 45.6. The summed E-state index contributed by atoms with van der Waals surface area (Å²) in [6.07, 6.45) is -2.77. The SMILES string of the molecule is COc1ccc2c(CC(=O)N[C@@H](Cc3cnc[nH]3)C(=O)N[C@@H](CCC(N)=O)C(=O)N[C@@H](CCCCN)C(=O)N[C@@H](CC(C)C)C(=O)N[C@H](C(=O)N[C@@H](Cc3ccccc3)C(=O)N[C@@H](Cc3ccccc3)C(=O)N[C@@H](C)C(=O)N[C@@H](CCCCNc3ccc([N+](=O)[O-])cc3[N+](=O)[O-])C(N)=O)C(C)C)cc(=O)oc2c1.O=C(O)C(F)(F)F. The molecule has 2 heterocycles. The predicted molar refractivity (Wildman–Crippen MR) is 409 cm³/mol. The van der Waals surface area contributed by atoms with Crippen molar-refractivity contribution >= 4 is 99.0 Å². The van der Waals surface area contributed by atoms with Crippen molar-refractivity contribution in [2.45, 2.75) is 179 Å². The van der Waals surface area contributed by atoms with Gasteiger partial charge < -0.3 is 89.6 Å². The van der Waals surface area contributed by atoms with E-state index in [1.54, 1.807) is 100 Å². The van der Waals surface area contributed by atoms with Crippen molar-refractivity contribution in [2.24, 2.45) is 29.0 Å². The number of carbonyl (C=O) groups is 12. The highest BCUT2D eigenvalue weighted by molar-refractivity contribution is 5.99. The van der Waals surface area contributed by atoms with Crippen molar-refractivity contribution in [2.75, 3.05) is 25.5 Å². The van der Waals surface area contributed by atoms with Gasteiger partial charge in [0.2, 0.25) is 65.0 Å². The Morgan fingerprint density at radius 3 is 1.64 bits per heavy atom. The second-order valence-corrected chi connectivity index (χ2v) is 27.5. The highest BCUT2D eigenvalue weighted by Gasteiger charge is 2.39. The van der Waals surface area contributed by atoms with Gasteiger partial charge in [-0.15, -0.1) is 0 Å². The van der Waals surface area contributed by atoms with E-state index in [-0.39, 0.29) is 93.6 Å². The molecule has 40 heteroatoms. The van der Waals surface area contributed by atoms with Gasteiger partial charge in [0.15, 0.2) is 0 Å². The number of halogens is 3. The van der Waals surface area contributed by atoms with Gasteiger partial charge in [-0.3, -0.25) is 73.0 Å². The van der Waals surface area contributed by atoms with Crippen LogP contribution in [0.3, 0.4) is 0 Å². The maximum absolute atomic E-state index is 14.8. The maximum Gasteiger partial charge on any atom is 0.490 e. The molecule has 0 unspecified atom stereocenters. The maximum atomic E-state index is 14.8. The predicted octanol–water partition coefficient (Wildman–Crippen LogP) is 2.49. The summed E-state index contributed by atoms with van der Waals surface area (Å²) in [4.78, 5) is 204. The number of carboxylic acid groups (broad SMARTS) is 1. The van der Waals surface area contributed by atoms with E-state index in [0.29, 0.717) is 40.8 Å². The van der Waals surface area contributed by atoms with Crippen molar-refractivity contribution in [3.05, 3.63) is 169 Å². The number of alkyl halides is 3. The first kappa shape index (κ1) is 92.7. The fourth-order valence-corrected chi connectivity index (χ4v) is 11.6. The molecule has 11 amide bonds. The van der Waals surface area contributed by atoms with Crippen LogP contribution >= 0.6 is 0 Å². The Labute approximate surface area is 656 Å². The number of primary amides is 2. The van der Waals surface area contributed by atoms with Crippen LogP contribution in [0.4, 0.5) is 30.2 Å². The second-order valence-electron chi connectivity index (χ2n) is 27.5. The van der Waals surface area contributed by atoms with Gasteiger partial charge in [-0.1, -0.05) is 88.4 Å². The molecule has 0 saturated carbocycles. The lowest BCUT2D eigenvalue weighted by molar-refractivity contribution is -0.393.